The van der Waals surface area contributed by atoms with Crippen molar-refractivity contribution in [2.45, 2.75) is 51.0 Å². The van der Waals surface area contributed by atoms with Crippen LogP contribution < -0.4 is 4.90 Å². The van der Waals surface area contributed by atoms with Crippen LogP contribution in [0.2, 0.25) is 0 Å². The maximum Gasteiger partial charge on any atom is 0.0407 e. The lowest BCUT2D eigenvalue weighted by atomic mass is 9.52. The molecule has 0 unspecified atom stereocenters. The second-order valence-electron chi connectivity index (χ2n) is 7.49. The zero-order chi connectivity index (χ0) is 13.0. The van der Waals surface area contributed by atoms with E-state index in [0.29, 0.717) is 5.54 Å². The molecular formula is C18H25N. The lowest BCUT2D eigenvalue weighted by molar-refractivity contribution is -0.00204. The molecule has 0 aromatic heterocycles. The van der Waals surface area contributed by atoms with Gasteiger partial charge < -0.3 is 4.90 Å². The van der Waals surface area contributed by atoms with Crippen molar-refractivity contribution in [3.8, 4) is 0 Å². The maximum atomic E-state index is 2.66. The van der Waals surface area contributed by atoms with Crippen LogP contribution in [-0.2, 0) is 0 Å². The van der Waals surface area contributed by atoms with Gasteiger partial charge in [-0.2, -0.15) is 0 Å². The van der Waals surface area contributed by atoms with Crippen molar-refractivity contribution in [2.75, 3.05) is 11.9 Å². The molecule has 1 aromatic rings. The van der Waals surface area contributed by atoms with Gasteiger partial charge in [0.15, 0.2) is 0 Å². The predicted molar refractivity (Wildman–Crippen MR) is 80.5 cm³/mol. The van der Waals surface area contributed by atoms with Crippen LogP contribution in [0.4, 0.5) is 5.69 Å². The van der Waals surface area contributed by atoms with Crippen LogP contribution in [0.25, 0.3) is 0 Å². The number of anilines is 1. The first-order valence-electron chi connectivity index (χ1n) is 7.96. The lowest BCUT2D eigenvalue weighted by Crippen LogP contribution is -2.59. The van der Waals surface area contributed by atoms with E-state index < -0.39 is 0 Å². The fourth-order valence-corrected chi connectivity index (χ4v) is 5.67. The molecule has 5 rings (SSSR count). The van der Waals surface area contributed by atoms with E-state index >= 15 is 0 Å². The van der Waals surface area contributed by atoms with Gasteiger partial charge >= 0.3 is 0 Å². The van der Waals surface area contributed by atoms with Gasteiger partial charge in [0.25, 0.3) is 0 Å². The fourth-order valence-electron chi connectivity index (χ4n) is 5.67. The fraction of sp³-hybridized carbons (Fsp3) is 0.667. The van der Waals surface area contributed by atoms with E-state index in [1.807, 2.05) is 0 Å². The molecule has 0 amide bonds. The van der Waals surface area contributed by atoms with E-state index in [4.69, 9.17) is 0 Å². The summed E-state index contributed by atoms with van der Waals surface area (Å²) in [6.07, 6.45) is 8.93. The number of hydrogen-bond acceptors (Lipinski definition) is 1. The summed E-state index contributed by atoms with van der Waals surface area (Å²) in [4.78, 5) is 2.66. The summed E-state index contributed by atoms with van der Waals surface area (Å²) in [5.41, 5.74) is 3.38. The third-order valence-corrected chi connectivity index (χ3v) is 6.19. The molecule has 4 fully saturated rings. The molecule has 0 N–H and O–H groups in total. The summed E-state index contributed by atoms with van der Waals surface area (Å²) in [6.45, 7) is 2.26. The molecule has 4 saturated carbocycles. The average Bonchev–Trinajstić information content (AvgIpc) is 2.37. The highest BCUT2D eigenvalue weighted by atomic mass is 15.2. The van der Waals surface area contributed by atoms with Crippen LogP contribution in [-0.4, -0.2) is 12.6 Å². The zero-order valence-corrected chi connectivity index (χ0v) is 12.2. The van der Waals surface area contributed by atoms with Crippen molar-refractivity contribution >= 4 is 5.69 Å². The Bertz CT molecular complexity index is 455. The van der Waals surface area contributed by atoms with E-state index in [1.54, 1.807) is 0 Å². The Kier molecular flexibility index (Phi) is 2.49. The molecule has 1 nitrogen and oxygen atoms in total. The molecule has 19 heavy (non-hydrogen) atoms. The molecule has 4 aliphatic rings. The summed E-state index contributed by atoms with van der Waals surface area (Å²) in [7, 11) is 2.36. The molecule has 1 aromatic carbocycles. The molecule has 1 heteroatoms. The summed E-state index contributed by atoms with van der Waals surface area (Å²) < 4.78 is 0. The SMILES string of the molecule is Cc1ccccc1N(C)C12CC3CC(CC(C3)C1)C2. The second kappa shape index (κ2) is 4.01. The molecule has 0 heterocycles. The molecule has 4 aliphatic carbocycles. The van der Waals surface area contributed by atoms with Crippen LogP contribution in [0.1, 0.15) is 44.1 Å². The molecule has 0 saturated heterocycles. The first kappa shape index (κ1) is 11.8. The van der Waals surface area contributed by atoms with E-state index in [0.717, 1.165) is 17.8 Å². The van der Waals surface area contributed by atoms with Gasteiger partial charge in [0.1, 0.15) is 0 Å². The van der Waals surface area contributed by atoms with Crippen LogP contribution >= 0.6 is 0 Å². The van der Waals surface area contributed by atoms with E-state index in [1.165, 1.54) is 49.8 Å². The monoisotopic (exact) mass is 255 g/mol. The molecule has 102 valence electrons. The molecule has 4 bridgehead atoms. The Morgan fingerprint density at radius 1 is 0.947 bits per heavy atom. The first-order chi connectivity index (χ1) is 9.16. The highest BCUT2D eigenvalue weighted by Gasteiger charge is 2.52. The van der Waals surface area contributed by atoms with Gasteiger partial charge in [-0.3, -0.25) is 0 Å². The minimum Gasteiger partial charge on any atom is -0.369 e. The van der Waals surface area contributed by atoms with Crippen molar-refractivity contribution in [1.82, 2.24) is 0 Å². The maximum absolute atomic E-state index is 2.66. The van der Waals surface area contributed by atoms with Crippen LogP contribution in [0, 0.1) is 24.7 Å². The summed E-state index contributed by atoms with van der Waals surface area (Å²) in [6, 6.07) is 8.92. The van der Waals surface area contributed by atoms with Gasteiger partial charge in [0.2, 0.25) is 0 Å². The van der Waals surface area contributed by atoms with Gasteiger partial charge in [0.05, 0.1) is 0 Å². The minimum absolute atomic E-state index is 0.487. The van der Waals surface area contributed by atoms with Crippen molar-refractivity contribution < 1.29 is 0 Å². The standard InChI is InChI=1S/C18H25N/c1-13-5-3-4-6-17(13)19(2)18-10-14-7-15(11-18)9-16(8-14)12-18/h3-6,14-16H,7-12H2,1-2H3. The smallest absolute Gasteiger partial charge is 0.0407 e. The van der Waals surface area contributed by atoms with Gasteiger partial charge in [-0.1, -0.05) is 18.2 Å². The predicted octanol–water partition coefficient (Wildman–Crippen LogP) is 4.40. The van der Waals surface area contributed by atoms with Crippen molar-refractivity contribution in [3.05, 3.63) is 29.8 Å². The number of hydrogen-bond donors (Lipinski definition) is 0. The van der Waals surface area contributed by atoms with Gasteiger partial charge in [0, 0.05) is 18.3 Å². The van der Waals surface area contributed by atoms with E-state index in [-0.39, 0.29) is 0 Å². The van der Waals surface area contributed by atoms with Crippen LogP contribution in [0.5, 0.6) is 0 Å². The summed E-state index contributed by atoms with van der Waals surface area (Å²) in [5, 5.41) is 0. The molecule has 0 atom stereocenters. The van der Waals surface area contributed by atoms with Crippen LogP contribution in [0.3, 0.4) is 0 Å². The Balaban J connectivity index is 1.70. The summed E-state index contributed by atoms with van der Waals surface area (Å²) >= 11 is 0. The highest BCUT2D eigenvalue weighted by molar-refractivity contribution is 5.55. The number of benzene rings is 1. The molecular weight excluding hydrogens is 230 g/mol. The molecule has 0 spiro atoms. The Hall–Kier alpha value is -0.980. The Morgan fingerprint density at radius 3 is 2.00 bits per heavy atom. The third-order valence-electron chi connectivity index (χ3n) is 6.19. The second-order valence-corrected chi connectivity index (χ2v) is 7.49. The van der Waals surface area contributed by atoms with Crippen LogP contribution in [0.15, 0.2) is 24.3 Å². The van der Waals surface area contributed by atoms with Crippen molar-refractivity contribution in [2.24, 2.45) is 17.8 Å². The van der Waals surface area contributed by atoms with Crippen molar-refractivity contribution in [1.29, 1.82) is 0 Å². The largest absolute Gasteiger partial charge is 0.369 e. The quantitative estimate of drug-likeness (QED) is 0.757. The number of para-hydroxylation sites is 1. The average molecular weight is 255 g/mol. The van der Waals surface area contributed by atoms with E-state index in [2.05, 4.69) is 43.1 Å². The Morgan fingerprint density at radius 2 is 1.47 bits per heavy atom. The van der Waals surface area contributed by atoms with Gasteiger partial charge in [-0.05, 0) is 74.8 Å². The third kappa shape index (κ3) is 1.74. The topological polar surface area (TPSA) is 3.24 Å². The normalized spacial score (nSPS) is 39.6. The van der Waals surface area contributed by atoms with E-state index in [9.17, 15) is 0 Å². The molecule has 0 aliphatic heterocycles. The number of aryl methyl sites for hydroxylation is 1. The van der Waals surface area contributed by atoms with Gasteiger partial charge in [-0.15, -0.1) is 0 Å². The molecule has 0 radical (unpaired) electrons. The lowest BCUT2D eigenvalue weighted by Gasteiger charge is -2.60. The number of rotatable bonds is 2. The first-order valence-corrected chi connectivity index (χ1v) is 7.96. The minimum atomic E-state index is 0.487. The van der Waals surface area contributed by atoms with Crippen molar-refractivity contribution in [3.63, 3.8) is 0 Å². The highest BCUT2D eigenvalue weighted by Crippen LogP contribution is 2.58. The number of nitrogens with zero attached hydrogens (tertiary/aromatic N) is 1. The van der Waals surface area contributed by atoms with Gasteiger partial charge in [-0.25, -0.2) is 0 Å². The summed E-state index contributed by atoms with van der Waals surface area (Å²) in [5.74, 6) is 3.08. The zero-order valence-electron chi connectivity index (χ0n) is 12.2. The Labute approximate surface area is 117 Å².